The number of aliphatic hydroxyl groups excluding tert-OH is 1. The smallest absolute Gasteiger partial charge is 0.327 e. The summed E-state index contributed by atoms with van der Waals surface area (Å²) >= 11 is 0. The summed E-state index contributed by atoms with van der Waals surface area (Å²) < 4.78 is 1.51. The zero-order chi connectivity index (χ0) is 19.7. The molecule has 1 atom stereocenters. The summed E-state index contributed by atoms with van der Waals surface area (Å²) in [5, 5.41) is 12.7. The number of hydrogen-bond donors (Lipinski definition) is 3. The normalized spacial score (nSPS) is 15.8. The predicted octanol–water partition coefficient (Wildman–Crippen LogP) is 2.21. The molecule has 1 saturated carbocycles. The number of nitrogens with zero attached hydrogens (tertiary/aromatic N) is 2. The quantitative estimate of drug-likeness (QED) is 0.632. The van der Waals surface area contributed by atoms with E-state index in [2.05, 4.69) is 15.3 Å². The molecule has 7 nitrogen and oxygen atoms in total. The number of H-pyrrole nitrogens is 1. The van der Waals surface area contributed by atoms with Crippen molar-refractivity contribution >= 4 is 17.1 Å². The van der Waals surface area contributed by atoms with Gasteiger partial charge in [0.15, 0.2) is 5.65 Å². The predicted molar refractivity (Wildman–Crippen MR) is 107 cm³/mol. The Morgan fingerprint density at radius 2 is 2.11 bits per heavy atom. The zero-order valence-corrected chi connectivity index (χ0v) is 15.8. The Kier molecular flexibility index (Phi) is 5.00. The van der Waals surface area contributed by atoms with Crippen molar-refractivity contribution in [3.8, 4) is 11.1 Å². The van der Waals surface area contributed by atoms with Crippen LogP contribution in [-0.4, -0.2) is 38.2 Å². The molecule has 2 heterocycles. The van der Waals surface area contributed by atoms with E-state index >= 15 is 0 Å². The number of imidazole rings is 1. The van der Waals surface area contributed by atoms with E-state index < -0.39 is 0 Å². The number of nitrogens with one attached hydrogen (secondary N) is 2. The maximum Gasteiger partial charge on any atom is 0.327 e. The molecule has 1 unspecified atom stereocenters. The number of carbonyl (C=O) groups excluding carboxylic acids is 1. The fraction of sp³-hybridized carbons (Fsp3) is 0.381. The number of carbonyl (C=O) groups is 1. The second kappa shape index (κ2) is 7.59. The molecule has 0 saturated heterocycles. The fourth-order valence-corrected chi connectivity index (χ4v) is 4.02. The molecule has 4 rings (SSSR count). The van der Waals surface area contributed by atoms with Crippen LogP contribution in [0.1, 0.15) is 36.0 Å². The number of aromatic amines is 1. The molecule has 1 aromatic carbocycles. The van der Waals surface area contributed by atoms with Gasteiger partial charge in [0.2, 0.25) is 0 Å². The Morgan fingerprint density at radius 3 is 2.86 bits per heavy atom. The van der Waals surface area contributed by atoms with E-state index in [4.69, 9.17) is 0 Å². The fourth-order valence-electron chi connectivity index (χ4n) is 4.02. The van der Waals surface area contributed by atoms with Gasteiger partial charge in [-0.25, -0.2) is 9.78 Å². The number of aliphatic hydroxyl groups is 1. The first-order chi connectivity index (χ1) is 13.6. The summed E-state index contributed by atoms with van der Waals surface area (Å²) in [5.74, 6) is 0.162. The molecule has 0 spiro atoms. The standard InChI is InChI=1S/C21H24N4O3/c1-25-18-10-16(11-22-19(18)24-21(25)28)14-7-4-8-15(9-14)20(27)23-17(12-26)13-5-2-3-6-13/h4,7-11,13,17,26H,2-3,5-6,12H2,1H3,(H,23,27)(H,22,24,28). The Bertz CT molecular complexity index is 1060. The molecule has 0 aliphatic heterocycles. The molecule has 2 aromatic heterocycles. The highest BCUT2D eigenvalue weighted by Crippen LogP contribution is 2.28. The van der Waals surface area contributed by atoms with Crippen LogP contribution >= 0.6 is 0 Å². The SMILES string of the molecule is Cn1c(=O)[nH]c2ncc(-c3cccc(C(=O)NC(CO)C4CCCC4)c3)cc21. The summed E-state index contributed by atoms with van der Waals surface area (Å²) in [7, 11) is 1.69. The summed E-state index contributed by atoms with van der Waals surface area (Å²) in [4.78, 5) is 31.5. The average molecular weight is 380 g/mol. The topological polar surface area (TPSA) is 100 Å². The van der Waals surface area contributed by atoms with Crippen LogP contribution in [0.2, 0.25) is 0 Å². The van der Waals surface area contributed by atoms with Crippen LogP contribution in [0.3, 0.4) is 0 Å². The van der Waals surface area contributed by atoms with Gasteiger partial charge >= 0.3 is 5.69 Å². The number of pyridine rings is 1. The van der Waals surface area contributed by atoms with Crippen molar-refractivity contribution < 1.29 is 9.90 Å². The summed E-state index contributed by atoms with van der Waals surface area (Å²) in [6.45, 7) is -0.0434. The van der Waals surface area contributed by atoms with Gasteiger partial charge in [0.05, 0.1) is 18.2 Å². The minimum Gasteiger partial charge on any atom is -0.394 e. The van der Waals surface area contributed by atoms with E-state index in [0.717, 1.165) is 36.8 Å². The largest absolute Gasteiger partial charge is 0.394 e. The molecule has 146 valence electrons. The van der Waals surface area contributed by atoms with Crippen molar-refractivity contribution in [3.05, 3.63) is 52.6 Å². The molecule has 0 bridgehead atoms. The third kappa shape index (κ3) is 3.45. The molecule has 28 heavy (non-hydrogen) atoms. The maximum absolute atomic E-state index is 12.7. The Morgan fingerprint density at radius 1 is 1.32 bits per heavy atom. The molecular weight excluding hydrogens is 356 g/mol. The van der Waals surface area contributed by atoms with Gasteiger partial charge in [0.25, 0.3) is 5.91 Å². The number of fused-ring (bicyclic) bond motifs is 1. The van der Waals surface area contributed by atoms with Gasteiger partial charge in [-0.1, -0.05) is 25.0 Å². The van der Waals surface area contributed by atoms with Gasteiger partial charge in [0.1, 0.15) is 0 Å². The van der Waals surface area contributed by atoms with Crippen molar-refractivity contribution in [2.24, 2.45) is 13.0 Å². The Hall–Kier alpha value is -2.93. The molecule has 7 heteroatoms. The highest BCUT2D eigenvalue weighted by molar-refractivity contribution is 5.95. The van der Waals surface area contributed by atoms with E-state index in [1.54, 1.807) is 19.3 Å². The lowest BCUT2D eigenvalue weighted by atomic mass is 9.98. The van der Waals surface area contributed by atoms with Crippen LogP contribution in [0, 0.1) is 5.92 Å². The van der Waals surface area contributed by atoms with Crippen molar-refractivity contribution in [2.45, 2.75) is 31.7 Å². The van der Waals surface area contributed by atoms with Crippen molar-refractivity contribution in [1.29, 1.82) is 0 Å². The van der Waals surface area contributed by atoms with Crippen LogP contribution in [0.4, 0.5) is 0 Å². The number of aromatic nitrogens is 3. The van der Waals surface area contributed by atoms with Gasteiger partial charge < -0.3 is 10.4 Å². The number of aryl methyl sites for hydroxylation is 1. The zero-order valence-electron chi connectivity index (χ0n) is 15.8. The van der Waals surface area contributed by atoms with E-state index in [1.807, 2.05) is 24.3 Å². The summed E-state index contributed by atoms with van der Waals surface area (Å²) in [5.41, 5.74) is 3.24. The minimum absolute atomic E-state index is 0.0434. The molecule has 3 N–H and O–H groups in total. The third-order valence-electron chi connectivity index (χ3n) is 5.70. The number of hydrogen-bond acceptors (Lipinski definition) is 4. The summed E-state index contributed by atoms with van der Waals surface area (Å²) in [6.07, 6.45) is 6.09. The lowest BCUT2D eigenvalue weighted by molar-refractivity contribution is 0.0889. The van der Waals surface area contributed by atoms with E-state index in [-0.39, 0.29) is 24.2 Å². The number of rotatable bonds is 5. The van der Waals surface area contributed by atoms with Crippen molar-refractivity contribution in [2.75, 3.05) is 6.61 Å². The molecular formula is C21H24N4O3. The van der Waals surface area contributed by atoms with E-state index in [0.29, 0.717) is 22.6 Å². The molecule has 1 amide bonds. The number of amides is 1. The second-order valence-corrected chi connectivity index (χ2v) is 7.47. The first-order valence-corrected chi connectivity index (χ1v) is 9.63. The first kappa shape index (κ1) is 18.4. The van der Waals surface area contributed by atoms with Gasteiger partial charge in [0, 0.05) is 24.4 Å². The highest BCUT2D eigenvalue weighted by Gasteiger charge is 2.26. The minimum atomic E-state index is -0.213. The lowest BCUT2D eigenvalue weighted by Crippen LogP contribution is -2.42. The Labute approximate surface area is 162 Å². The van der Waals surface area contributed by atoms with Crippen molar-refractivity contribution in [3.63, 3.8) is 0 Å². The van der Waals surface area contributed by atoms with Crippen LogP contribution < -0.4 is 11.0 Å². The Balaban J connectivity index is 1.59. The van der Waals surface area contributed by atoms with Crippen LogP contribution in [0.25, 0.3) is 22.3 Å². The highest BCUT2D eigenvalue weighted by atomic mass is 16.3. The molecule has 0 radical (unpaired) electrons. The first-order valence-electron chi connectivity index (χ1n) is 9.63. The number of benzene rings is 1. The van der Waals surface area contributed by atoms with Crippen molar-refractivity contribution in [1.82, 2.24) is 19.9 Å². The third-order valence-corrected chi connectivity index (χ3v) is 5.70. The van der Waals surface area contributed by atoms with E-state index in [9.17, 15) is 14.7 Å². The van der Waals surface area contributed by atoms with Gasteiger partial charge in [-0.3, -0.25) is 14.3 Å². The molecule has 1 fully saturated rings. The van der Waals surface area contributed by atoms with E-state index in [1.165, 1.54) is 4.57 Å². The van der Waals surface area contributed by atoms with Gasteiger partial charge in [-0.05, 0) is 42.5 Å². The van der Waals surface area contributed by atoms with Gasteiger partial charge in [-0.15, -0.1) is 0 Å². The monoisotopic (exact) mass is 380 g/mol. The van der Waals surface area contributed by atoms with Crippen LogP contribution in [-0.2, 0) is 7.05 Å². The lowest BCUT2D eigenvalue weighted by Gasteiger charge is -2.22. The van der Waals surface area contributed by atoms with Crippen LogP contribution in [0.5, 0.6) is 0 Å². The molecule has 1 aliphatic rings. The second-order valence-electron chi connectivity index (χ2n) is 7.47. The van der Waals surface area contributed by atoms with Crippen LogP contribution in [0.15, 0.2) is 41.3 Å². The average Bonchev–Trinajstić information content (AvgIpc) is 3.35. The molecule has 3 aromatic rings. The maximum atomic E-state index is 12.7. The van der Waals surface area contributed by atoms with Gasteiger partial charge in [-0.2, -0.15) is 0 Å². The summed E-state index contributed by atoms with van der Waals surface area (Å²) in [6, 6.07) is 8.99. The molecule has 1 aliphatic carbocycles.